The van der Waals surface area contributed by atoms with E-state index in [-0.39, 0.29) is 23.9 Å². The van der Waals surface area contributed by atoms with Gasteiger partial charge in [0.2, 0.25) is 15.9 Å². The molecule has 0 unspecified atom stereocenters. The summed E-state index contributed by atoms with van der Waals surface area (Å²) in [4.78, 5) is 12.9. The Kier molecular flexibility index (Phi) is 7.03. The normalized spacial score (nSPS) is 11.5. The van der Waals surface area contributed by atoms with Crippen molar-refractivity contribution in [1.82, 2.24) is 10.0 Å². The van der Waals surface area contributed by atoms with Crippen molar-refractivity contribution in [3.63, 3.8) is 0 Å². The predicted molar refractivity (Wildman–Crippen MR) is 105 cm³/mol. The molecule has 144 valence electrons. The van der Waals surface area contributed by atoms with Gasteiger partial charge >= 0.3 is 0 Å². The lowest BCUT2D eigenvalue weighted by Gasteiger charge is -2.11. The summed E-state index contributed by atoms with van der Waals surface area (Å²) in [6, 6.07) is 13.7. The van der Waals surface area contributed by atoms with E-state index in [1.54, 1.807) is 12.1 Å². The number of hydrogen-bond acceptors (Lipinski definition) is 6. The Bertz CT molecular complexity index is 892. The van der Waals surface area contributed by atoms with Gasteiger partial charge in [-0.15, -0.1) is 0 Å². The SMILES string of the molecule is CC(=O)NCCNS(=O)(=O)c1ccc(/N=N/c2ccc(N(C)C)cc2)cc1. The Hall–Kier alpha value is -2.78. The number of rotatable bonds is 8. The van der Waals surface area contributed by atoms with Gasteiger partial charge in [-0.2, -0.15) is 10.2 Å². The molecule has 2 N–H and O–H groups in total. The van der Waals surface area contributed by atoms with E-state index >= 15 is 0 Å². The number of anilines is 1. The Morgan fingerprint density at radius 1 is 0.926 bits per heavy atom. The van der Waals surface area contributed by atoms with Gasteiger partial charge in [-0.3, -0.25) is 4.79 Å². The van der Waals surface area contributed by atoms with Crippen LogP contribution >= 0.6 is 0 Å². The molecule has 0 fully saturated rings. The summed E-state index contributed by atoms with van der Waals surface area (Å²) in [5.41, 5.74) is 2.32. The van der Waals surface area contributed by atoms with E-state index in [2.05, 4.69) is 20.3 Å². The summed E-state index contributed by atoms with van der Waals surface area (Å²) in [6.07, 6.45) is 0. The third-order valence-corrected chi connectivity index (χ3v) is 5.06. The number of benzene rings is 2. The molecule has 0 aliphatic heterocycles. The van der Waals surface area contributed by atoms with Gasteiger partial charge < -0.3 is 10.2 Å². The number of nitrogens with one attached hydrogen (secondary N) is 2. The molecule has 0 heterocycles. The molecule has 0 aliphatic carbocycles. The van der Waals surface area contributed by atoms with Crippen molar-refractivity contribution >= 4 is 33.0 Å². The van der Waals surface area contributed by atoms with Gasteiger partial charge in [0.25, 0.3) is 0 Å². The first-order chi connectivity index (χ1) is 12.8. The zero-order valence-corrected chi connectivity index (χ0v) is 16.3. The number of amides is 1. The fourth-order valence-electron chi connectivity index (χ4n) is 2.13. The number of carbonyl (C=O) groups excluding carboxylic acids is 1. The summed E-state index contributed by atoms with van der Waals surface area (Å²) in [5.74, 6) is -0.208. The molecule has 0 saturated carbocycles. The minimum absolute atomic E-state index is 0.117. The highest BCUT2D eigenvalue weighted by atomic mass is 32.2. The highest BCUT2D eigenvalue weighted by Crippen LogP contribution is 2.22. The molecule has 0 aliphatic rings. The van der Waals surface area contributed by atoms with Crippen LogP contribution in [0, 0.1) is 0 Å². The van der Waals surface area contributed by atoms with Gasteiger partial charge in [0.1, 0.15) is 0 Å². The van der Waals surface area contributed by atoms with Crippen molar-refractivity contribution in [2.24, 2.45) is 10.2 Å². The molecule has 0 spiro atoms. The van der Waals surface area contributed by atoms with Crippen LogP contribution in [0.4, 0.5) is 17.1 Å². The van der Waals surface area contributed by atoms with Crippen LogP contribution in [0.25, 0.3) is 0 Å². The zero-order valence-electron chi connectivity index (χ0n) is 15.5. The summed E-state index contributed by atoms with van der Waals surface area (Å²) >= 11 is 0. The van der Waals surface area contributed by atoms with Crippen molar-refractivity contribution < 1.29 is 13.2 Å². The Balaban J connectivity index is 1.98. The average molecular weight is 389 g/mol. The largest absolute Gasteiger partial charge is 0.378 e. The molecule has 0 saturated heterocycles. The minimum atomic E-state index is -3.63. The lowest BCUT2D eigenvalue weighted by Crippen LogP contribution is -2.33. The lowest BCUT2D eigenvalue weighted by atomic mass is 10.3. The van der Waals surface area contributed by atoms with Crippen LogP contribution in [0.3, 0.4) is 0 Å². The molecule has 2 aromatic rings. The summed E-state index contributed by atoms with van der Waals surface area (Å²) in [6.45, 7) is 1.72. The van der Waals surface area contributed by atoms with Crippen LogP contribution in [0.2, 0.25) is 0 Å². The van der Waals surface area contributed by atoms with Crippen LogP contribution in [-0.4, -0.2) is 41.5 Å². The van der Waals surface area contributed by atoms with Crippen LogP contribution in [0.15, 0.2) is 63.7 Å². The Morgan fingerprint density at radius 3 is 1.93 bits per heavy atom. The van der Waals surface area contributed by atoms with Gasteiger partial charge in [0, 0.05) is 39.8 Å². The molecular weight excluding hydrogens is 366 g/mol. The zero-order chi connectivity index (χ0) is 19.9. The first-order valence-electron chi connectivity index (χ1n) is 8.31. The predicted octanol–water partition coefficient (Wildman–Crippen LogP) is 2.58. The number of hydrogen-bond donors (Lipinski definition) is 2. The van der Waals surface area contributed by atoms with Crippen molar-refractivity contribution in [3.05, 3.63) is 48.5 Å². The number of nitrogens with zero attached hydrogens (tertiary/aromatic N) is 3. The number of sulfonamides is 1. The van der Waals surface area contributed by atoms with E-state index in [9.17, 15) is 13.2 Å². The molecule has 9 heteroatoms. The van der Waals surface area contributed by atoms with Crippen molar-refractivity contribution in [1.29, 1.82) is 0 Å². The molecule has 2 aromatic carbocycles. The monoisotopic (exact) mass is 389 g/mol. The van der Waals surface area contributed by atoms with E-state index in [0.29, 0.717) is 11.4 Å². The van der Waals surface area contributed by atoms with Crippen LogP contribution in [-0.2, 0) is 14.8 Å². The van der Waals surface area contributed by atoms with Gasteiger partial charge in [-0.1, -0.05) is 0 Å². The fourth-order valence-corrected chi connectivity index (χ4v) is 3.16. The maximum atomic E-state index is 12.2. The second kappa shape index (κ2) is 9.24. The van der Waals surface area contributed by atoms with Gasteiger partial charge in [-0.25, -0.2) is 13.1 Å². The van der Waals surface area contributed by atoms with Crippen LogP contribution in [0.5, 0.6) is 0 Å². The molecule has 0 atom stereocenters. The highest BCUT2D eigenvalue weighted by Gasteiger charge is 2.12. The molecule has 8 nitrogen and oxygen atoms in total. The van der Waals surface area contributed by atoms with Crippen molar-refractivity contribution in [2.45, 2.75) is 11.8 Å². The highest BCUT2D eigenvalue weighted by molar-refractivity contribution is 7.89. The lowest BCUT2D eigenvalue weighted by molar-refractivity contribution is -0.118. The molecule has 0 bridgehead atoms. The summed E-state index contributed by atoms with van der Waals surface area (Å²) in [7, 11) is 0.285. The van der Waals surface area contributed by atoms with E-state index in [1.165, 1.54) is 19.1 Å². The summed E-state index contributed by atoms with van der Waals surface area (Å²) in [5, 5.41) is 10.8. The standard InChI is InChI=1S/C18H23N5O3S/c1-14(24)19-12-13-20-27(25,26)18-10-6-16(7-11-18)22-21-15-4-8-17(9-5-15)23(2)3/h4-11,20H,12-13H2,1-3H3,(H,19,24)/b22-21+. The molecule has 0 aromatic heterocycles. The number of carbonyl (C=O) groups is 1. The molecule has 2 rings (SSSR count). The fraction of sp³-hybridized carbons (Fsp3) is 0.278. The average Bonchev–Trinajstić information content (AvgIpc) is 2.64. The second-order valence-corrected chi connectivity index (χ2v) is 7.75. The van der Waals surface area contributed by atoms with E-state index in [1.807, 2.05) is 43.3 Å². The molecule has 0 radical (unpaired) electrons. The van der Waals surface area contributed by atoms with Crippen molar-refractivity contribution in [3.8, 4) is 0 Å². The quantitative estimate of drug-likeness (QED) is 0.535. The number of azo groups is 1. The minimum Gasteiger partial charge on any atom is -0.378 e. The second-order valence-electron chi connectivity index (χ2n) is 5.99. The third-order valence-electron chi connectivity index (χ3n) is 3.59. The Morgan fingerprint density at radius 2 is 1.44 bits per heavy atom. The van der Waals surface area contributed by atoms with Crippen molar-refractivity contribution in [2.75, 3.05) is 32.1 Å². The maximum absolute atomic E-state index is 12.2. The summed E-state index contributed by atoms with van der Waals surface area (Å²) < 4.78 is 26.8. The van der Waals surface area contributed by atoms with E-state index in [4.69, 9.17) is 0 Å². The van der Waals surface area contributed by atoms with Gasteiger partial charge in [-0.05, 0) is 48.5 Å². The van der Waals surface area contributed by atoms with E-state index < -0.39 is 10.0 Å². The Labute approximate surface area is 159 Å². The maximum Gasteiger partial charge on any atom is 0.240 e. The van der Waals surface area contributed by atoms with Crippen LogP contribution < -0.4 is 14.9 Å². The van der Waals surface area contributed by atoms with Gasteiger partial charge in [0.15, 0.2) is 0 Å². The van der Waals surface area contributed by atoms with E-state index in [0.717, 1.165) is 5.69 Å². The molecular formula is C18H23N5O3S. The molecule has 27 heavy (non-hydrogen) atoms. The first-order valence-corrected chi connectivity index (χ1v) is 9.79. The smallest absolute Gasteiger partial charge is 0.240 e. The third kappa shape index (κ3) is 6.46. The van der Waals surface area contributed by atoms with Crippen LogP contribution in [0.1, 0.15) is 6.92 Å². The van der Waals surface area contributed by atoms with Gasteiger partial charge in [0.05, 0.1) is 16.3 Å². The topological polar surface area (TPSA) is 103 Å². The molecule has 1 amide bonds. The first kappa shape index (κ1) is 20.5.